The van der Waals surface area contributed by atoms with Gasteiger partial charge >= 0.3 is 0 Å². The van der Waals surface area contributed by atoms with Gasteiger partial charge in [0.15, 0.2) is 0 Å². The van der Waals surface area contributed by atoms with E-state index in [1.54, 1.807) is 12.1 Å². The van der Waals surface area contributed by atoms with Gasteiger partial charge in [0.25, 0.3) is 5.91 Å². The van der Waals surface area contributed by atoms with Crippen molar-refractivity contribution in [2.75, 3.05) is 58.4 Å². The van der Waals surface area contributed by atoms with Crippen LogP contribution in [0.25, 0.3) is 11.3 Å². The second kappa shape index (κ2) is 10.8. The van der Waals surface area contributed by atoms with E-state index in [2.05, 4.69) is 10.1 Å². The molecule has 0 aliphatic carbocycles. The quantitative estimate of drug-likeness (QED) is 0.503. The van der Waals surface area contributed by atoms with Crippen molar-refractivity contribution in [3.05, 3.63) is 71.0 Å². The van der Waals surface area contributed by atoms with E-state index in [9.17, 15) is 9.18 Å². The molecule has 0 radical (unpaired) electrons. The van der Waals surface area contributed by atoms with Crippen molar-refractivity contribution < 1.29 is 18.4 Å². The summed E-state index contributed by atoms with van der Waals surface area (Å²) in [7, 11) is 3.97. The van der Waals surface area contributed by atoms with Gasteiger partial charge in [0.2, 0.25) is 5.88 Å². The molecule has 8 heteroatoms. The van der Waals surface area contributed by atoms with Crippen molar-refractivity contribution in [1.82, 2.24) is 15.0 Å². The van der Waals surface area contributed by atoms with Crippen LogP contribution in [0.3, 0.4) is 0 Å². The predicted molar refractivity (Wildman–Crippen MR) is 129 cm³/mol. The predicted octanol–water partition coefficient (Wildman–Crippen LogP) is 3.83. The number of likely N-dealkylation sites (N-methyl/N-ethyl adjacent to an activating group) is 1. The van der Waals surface area contributed by atoms with Gasteiger partial charge in [0.05, 0.1) is 25.3 Å². The molecule has 34 heavy (non-hydrogen) atoms. The fourth-order valence-corrected chi connectivity index (χ4v) is 3.94. The van der Waals surface area contributed by atoms with Crippen LogP contribution in [0, 0.1) is 12.7 Å². The SMILES string of the molecule is Cc1ccc(C(=O)N(CCN(C)C)Cc2c(-c3ccc(F)cc3)noc2N2CCOCC2)cc1. The number of rotatable bonds is 8. The average molecular weight is 467 g/mol. The lowest BCUT2D eigenvalue weighted by Crippen LogP contribution is -2.38. The Balaban J connectivity index is 1.71. The van der Waals surface area contributed by atoms with E-state index in [-0.39, 0.29) is 11.7 Å². The van der Waals surface area contributed by atoms with E-state index in [0.29, 0.717) is 63.1 Å². The lowest BCUT2D eigenvalue weighted by Gasteiger charge is -2.29. The van der Waals surface area contributed by atoms with Crippen molar-refractivity contribution in [3.63, 3.8) is 0 Å². The molecule has 0 N–H and O–H groups in total. The van der Waals surface area contributed by atoms with Gasteiger partial charge < -0.3 is 24.0 Å². The zero-order valence-electron chi connectivity index (χ0n) is 20.0. The Kier molecular flexibility index (Phi) is 7.59. The third kappa shape index (κ3) is 5.63. The third-order valence-corrected chi connectivity index (χ3v) is 5.94. The topological polar surface area (TPSA) is 62.1 Å². The van der Waals surface area contributed by atoms with E-state index < -0.39 is 0 Å². The fourth-order valence-electron chi connectivity index (χ4n) is 3.94. The monoisotopic (exact) mass is 466 g/mol. The lowest BCUT2D eigenvalue weighted by atomic mass is 10.1. The number of anilines is 1. The highest BCUT2D eigenvalue weighted by Crippen LogP contribution is 2.33. The van der Waals surface area contributed by atoms with Crippen molar-refractivity contribution in [2.24, 2.45) is 0 Å². The van der Waals surface area contributed by atoms with Gasteiger partial charge in [0.1, 0.15) is 11.5 Å². The van der Waals surface area contributed by atoms with Crippen LogP contribution in [0.15, 0.2) is 53.1 Å². The van der Waals surface area contributed by atoms with Crippen molar-refractivity contribution in [1.29, 1.82) is 0 Å². The Morgan fingerprint density at radius 3 is 2.35 bits per heavy atom. The van der Waals surface area contributed by atoms with Gasteiger partial charge in [0, 0.05) is 37.3 Å². The summed E-state index contributed by atoms with van der Waals surface area (Å²) in [6, 6.07) is 13.8. The maximum absolute atomic E-state index is 13.6. The first-order chi connectivity index (χ1) is 16.4. The highest BCUT2D eigenvalue weighted by molar-refractivity contribution is 5.94. The number of aryl methyl sites for hydroxylation is 1. The molecule has 0 bridgehead atoms. The number of hydrogen-bond acceptors (Lipinski definition) is 6. The van der Waals surface area contributed by atoms with E-state index in [4.69, 9.17) is 9.26 Å². The first kappa shape index (κ1) is 23.9. The smallest absolute Gasteiger partial charge is 0.254 e. The molecule has 1 aromatic heterocycles. The molecule has 2 aromatic carbocycles. The minimum Gasteiger partial charge on any atom is -0.378 e. The van der Waals surface area contributed by atoms with E-state index in [1.807, 2.05) is 55.1 Å². The van der Waals surface area contributed by atoms with Crippen LogP contribution in [-0.4, -0.2) is 74.4 Å². The Bertz CT molecular complexity index is 1090. The van der Waals surface area contributed by atoms with Crippen molar-refractivity contribution in [3.8, 4) is 11.3 Å². The number of hydrogen-bond donors (Lipinski definition) is 0. The second-order valence-corrected chi connectivity index (χ2v) is 8.82. The minimum atomic E-state index is -0.315. The summed E-state index contributed by atoms with van der Waals surface area (Å²) in [5.74, 6) is 0.263. The summed E-state index contributed by atoms with van der Waals surface area (Å²) in [4.78, 5) is 19.5. The average Bonchev–Trinajstić information content (AvgIpc) is 3.26. The number of halogens is 1. The van der Waals surface area contributed by atoms with Gasteiger partial charge in [-0.05, 0) is 57.4 Å². The first-order valence-corrected chi connectivity index (χ1v) is 11.5. The number of benzene rings is 2. The Morgan fingerprint density at radius 2 is 1.71 bits per heavy atom. The summed E-state index contributed by atoms with van der Waals surface area (Å²) < 4.78 is 24.9. The van der Waals surface area contributed by atoms with Gasteiger partial charge in [-0.25, -0.2) is 4.39 Å². The van der Waals surface area contributed by atoms with E-state index in [0.717, 1.165) is 16.7 Å². The molecular weight excluding hydrogens is 435 g/mol. The number of morpholine rings is 1. The Morgan fingerprint density at radius 1 is 1.03 bits per heavy atom. The summed E-state index contributed by atoms with van der Waals surface area (Å²) in [5, 5.41) is 4.35. The molecule has 1 aliphatic rings. The molecule has 0 atom stereocenters. The molecule has 0 unspecified atom stereocenters. The van der Waals surface area contributed by atoms with E-state index in [1.165, 1.54) is 12.1 Å². The first-order valence-electron chi connectivity index (χ1n) is 11.5. The van der Waals surface area contributed by atoms with Crippen LogP contribution in [-0.2, 0) is 11.3 Å². The van der Waals surface area contributed by atoms with Crippen LogP contribution < -0.4 is 4.90 Å². The Hall–Kier alpha value is -3.23. The number of amides is 1. The maximum atomic E-state index is 13.6. The fraction of sp³-hybridized carbons (Fsp3) is 0.385. The Labute approximate surface area is 199 Å². The molecule has 1 aliphatic heterocycles. The molecule has 180 valence electrons. The number of carbonyl (C=O) groups is 1. The summed E-state index contributed by atoms with van der Waals surface area (Å²) >= 11 is 0. The number of ether oxygens (including phenoxy) is 1. The van der Waals surface area contributed by atoms with Gasteiger partial charge in [-0.2, -0.15) is 0 Å². The maximum Gasteiger partial charge on any atom is 0.254 e. The van der Waals surface area contributed by atoms with Crippen LogP contribution in [0.1, 0.15) is 21.5 Å². The van der Waals surface area contributed by atoms with Crippen LogP contribution in [0.5, 0.6) is 0 Å². The lowest BCUT2D eigenvalue weighted by molar-refractivity contribution is 0.0731. The summed E-state index contributed by atoms with van der Waals surface area (Å²) in [6.45, 7) is 6.11. The van der Waals surface area contributed by atoms with Crippen molar-refractivity contribution in [2.45, 2.75) is 13.5 Å². The van der Waals surface area contributed by atoms with Crippen molar-refractivity contribution >= 4 is 11.8 Å². The third-order valence-electron chi connectivity index (χ3n) is 5.94. The zero-order valence-corrected chi connectivity index (χ0v) is 20.0. The molecule has 1 amide bonds. The second-order valence-electron chi connectivity index (χ2n) is 8.82. The zero-order chi connectivity index (χ0) is 24.1. The van der Waals surface area contributed by atoms with Gasteiger partial charge in [-0.3, -0.25) is 4.79 Å². The van der Waals surface area contributed by atoms with Gasteiger partial charge in [-0.15, -0.1) is 0 Å². The van der Waals surface area contributed by atoms with Crippen LogP contribution in [0.2, 0.25) is 0 Å². The number of aromatic nitrogens is 1. The minimum absolute atomic E-state index is 0.0546. The molecule has 3 aromatic rings. The van der Waals surface area contributed by atoms with Crippen LogP contribution in [0.4, 0.5) is 10.3 Å². The molecule has 0 saturated carbocycles. The van der Waals surface area contributed by atoms with Crippen LogP contribution >= 0.6 is 0 Å². The largest absolute Gasteiger partial charge is 0.378 e. The highest BCUT2D eigenvalue weighted by Gasteiger charge is 2.27. The molecule has 4 rings (SSSR count). The molecule has 1 saturated heterocycles. The number of nitrogens with zero attached hydrogens (tertiary/aromatic N) is 4. The summed E-state index contributed by atoms with van der Waals surface area (Å²) in [5.41, 5.74) is 3.91. The molecular formula is C26H31FN4O3. The van der Waals surface area contributed by atoms with Gasteiger partial charge in [-0.1, -0.05) is 22.9 Å². The summed E-state index contributed by atoms with van der Waals surface area (Å²) in [6.07, 6.45) is 0. The molecule has 2 heterocycles. The standard InChI is InChI=1S/C26H31FN4O3/c1-19-4-6-21(7-5-19)25(32)31(13-12-29(2)3)18-23-24(20-8-10-22(27)11-9-20)28-34-26(23)30-14-16-33-17-15-30/h4-11H,12-18H2,1-3H3. The molecule has 7 nitrogen and oxygen atoms in total. The normalized spacial score (nSPS) is 14.0. The highest BCUT2D eigenvalue weighted by atomic mass is 19.1. The molecule has 0 spiro atoms. The molecule has 1 fully saturated rings. The number of carbonyl (C=O) groups excluding carboxylic acids is 1. The van der Waals surface area contributed by atoms with E-state index >= 15 is 0 Å².